The fraction of sp³-hybridized carbons (Fsp3) is 0.462. The number of carbonyl (C=O) groups is 1. The van der Waals surface area contributed by atoms with E-state index < -0.39 is 0 Å². The first-order valence-corrected chi connectivity index (χ1v) is 6.77. The second-order valence-corrected chi connectivity index (χ2v) is 5.37. The van der Waals surface area contributed by atoms with Crippen molar-refractivity contribution in [2.45, 2.75) is 30.7 Å². The van der Waals surface area contributed by atoms with Gasteiger partial charge in [-0.2, -0.15) is 0 Å². The van der Waals surface area contributed by atoms with Gasteiger partial charge in [0, 0.05) is 16.5 Å². The summed E-state index contributed by atoms with van der Waals surface area (Å²) in [5, 5.41) is 3.24. The lowest BCUT2D eigenvalue weighted by Gasteiger charge is -2.03. The van der Waals surface area contributed by atoms with Crippen LogP contribution in [-0.4, -0.2) is 24.1 Å². The normalized spacial score (nSPS) is 15.1. The molecule has 1 saturated carbocycles. The molecule has 0 spiro atoms. The first kappa shape index (κ1) is 11.7. The fourth-order valence-corrected chi connectivity index (χ4v) is 2.19. The second-order valence-electron chi connectivity index (χ2n) is 4.04. The third kappa shape index (κ3) is 3.35. The van der Waals surface area contributed by atoms with E-state index in [-0.39, 0.29) is 5.78 Å². The Labute approximate surface area is 101 Å². The minimum Gasteiger partial charge on any atom is -0.307 e. The van der Waals surface area contributed by atoms with E-state index in [9.17, 15) is 4.79 Å². The van der Waals surface area contributed by atoms with Crippen molar-refractivity contribution < 1.29 is 4.79 Å². The summed E-state index contributed by atoms with van der Waals surface area (Å²) < 4.78 is 0. The van der Waals surface area contributed by atoms with E-state index >= 15 is 0 Å². The number of Topliss-reactive ketones (excluding diaryl/α,β-unsaturated/α-hetero) is 1. The number of ketones is 1. The molecule has 1 aromatic rings. The van der Waals surface area contributed by atoms with Gasteiger partial charge in [-0.1, -0.05) is 19.1 Å². The zero-order valence-corrected chi connectivity index (χ0v) is 10.3. The molecular formula is C13H17NOS. The Balaban J connectivity index is 1.88. The highest BCUT2D eigenvalue weighted by atomic mass is 32.2. The third-order valence-electron chi connectivity index (χ3n) is 2.62. The largest absolute Gasteiger partial charge is 0.307 e. The predicted octanol–water partition coefficient (Wildman–Crippen LogP) is 2.73. The van der Waals surface area contributed by atoms with Crippen molar-refractivity contribution >= 4 is 17.5 Å². The van der Waals surface area contributed by atoms with E-state index in [2.05, 4.69) is 12.2 Å². The van der Waals surface area contributed by atoms with Crippen LogP contribution in [0.2, 0.25) is 0 Å². The molecule has 1 N–H and O–H groups in total. The van der Waals surface area contributed by atoms with Crippen molar-refractivity contribution in [1.82, 2.24) is 5.32 Å². The Hall–Kier alpha value is -0.800. The van der Waals surface area contributed by atoms with Gasteiger partial charge in [-0.3, -0.25) is 4.79 Å². The number of carbonyl (C=O) groups excluding carboxylic acids is 1. The van der Waals surface area contributed by atoms with Gasteiger partial charge in [0.15, 0.2) is 5.78 Å². The van der Waals surface area contributed by atoms with Crippen LogP contribution in [0.1, 0.15) is 30.1 Å². The van der Waals surface area contributed by atoms with Gasteiger partial charge < -0.3 is 5.32 Å². The van der Waals surface area contributed by atoms with Gasteiger partial charge in [-0.15, -0.1) is 11.8 Å². The number of rotatable bonds is 6. The minimum absolute atomic E-state index is 0.194. The number of thioether (sulfide) groups is 1. The molecule has 0 radical (unpaired) electrons. The molecule has 16 heavy (non-hydrogen) atoms. The monoisotopic (exact) mass is 235 g/mol. The van der Waals surface area contributed by atoms with E-state index in [1.807, 2.05) is 24.3 Å². The van der Waals surface area contributed by atoms with E-state index in [1.54, 1.807) is 11.8 Å². The highest BCUT2D eigenvalue weighted by molar-refractivity contribution is 7.99. The van der Waals surface area contributed by atoms with Crippen molar-refractivity contribution in [1.29, 1.82) is 0 Å². The third-order valence-corrected chi connectivity index (χ3v) is 3.51. The van der Waals surface area contributed by atoms with Crippen LogP contribution < -0.4 is 5.32 Å². The Morgan fingerprint density at radius 2 is 2.06 bits per heavy atom. The standard InChI is InChI=1S/C13H17NOS/c1-2-16-12-7-3-10(4-8-12)13(15)9-14-11-5-6-11/h3-4,7-8,11,14H,2,5-6,9H2,1H3. The molecule has 0 unspecified atom stereocenters. The summed E-state index contributed by atoms with van der Waals surface area (Å²) in [6, 6.07) is 8.50. The molecule has 1 aromatic carbocycles. The number of benzene rings is 1. The molecule has 0 heterocycles. The molecule has 1 aliphatic carbocycles. The molecule has 2 rings (SSSR count). The second kappa shape index (κ2) is 5.51. The maximum Gasteiger partial charge on any atom is 0.176 e. The van der Waals surface area contributed by atoms with Crippen LogP contribution in [0.25, 0.3) is 0 Å². The van der Waals surface area contributed by atoms with Crippen molar-refractivity contribution in [3.8, 4) is 0 Å². The molecule has 2 nitrogen and oxygen atoms in total. The average Bonchev–Trinajstić information content (AvgIpc) is 3.11. The van der Waals surface area contributed by atoms with Crippen molar-refractivity contribution in [3.63, 3.8) is 0 Å². The lowest BCUT2D eigenvalue weighted by atomic mass is 10.1. The molecule has 3 heteroatoms. The Kier molecular flexibility index (Phi) is 4.02. The molecular weight excluding hydrogens is 218 g/mol. The highest BCUT2D eigenvalue weighted by Gasteiger charge is 2.21. The van der Waals surface area contributed by atoms with E-state index in [0.29, 0.717) is 12.6 Å². The first-order chi connectivity index (χ1) is 7.79. The van der Waals surface area contributed by atoms with Crippen LogP contribution in [-0.2, 0) is 0 Å². The van der Waals surface area contributed by atoms with E-state index in [4.69, 9.17) is 0 Å². The molecule has 0 bridgehead atoms. The lowest BCUT2D eigenvalue weighted by Crippen LogP contribution is -2.24. The zero-order valence-electron chi connectivity index (χ0n) is 9.53. The summed E-state index contributed by atoms with van der Waals surface area (Å²) >= 11 is 1.80. The maximum absolute atomic E-state index is 11.8. The van der Waals surface area contributed by atoms with Crippen molar-refractivity contribution in [2.24, 2.45) is 0 Å². The van der Waals surface area contributed by atoms with Gasteiger partial charge in [0.25, 0.3) is 0 Å². The van der Waals surface area contributed by atoms with Crippen molar-refractivity contribution in [3.05, 3.63) is 29.8 Å². The number of nitrogens with one attached hydrogen (secondary N) is 1. The van der Waals surface area contributed by atoms with Crippen LogP contribution in [0, 0.1) is 0 Å². The van der Waals surface area contributed by atoms with Crippen LogP contribution >= 0.6 is 11.8 Å². The van der Waals surface area contributed by atoms with Gasteiger partial charge in [0.1, 0.15) is 0 Å². The Bertz CT molecular complexity index is 357. The average molecular weight is 235 g/mol. The summed E-state index contributed by atoms with van der Waals surface area (Å²) in [5.41, 5.74) is 0.814. The topological polar surface area (TPSA) is 29.1 Å². The highest BCUT2D eigenvalue weighted by Crippen LogP contribution is 2.19. The van der Waals surface area contributed by atoms with Crippen LogP contribution in [0.5, 0.6) is 0 Å². The van der Waals surface area contributed by atoms with E-state index in [1.165, 1.54) is 17.7 Å². The Morgan fingerprint density at radius 1 is 1.38 bits per heavy atom. The van der Waals surface area contributed by atoms with Crippen LogP contribution in [0.3, 0.4) is 0 Å². The van der Waals surface area contributed by atoms with Gasteiger partial charge >= 0.3 is 0 Å². The summed E-state index contributed by atoms with van der Waals surface area (Å²) in [7, 11) is 0. The van der Waals surface area contributed by atoms with Gasteiger partial charge in [-0.25, -0.2) is 0 Å². The fourth-order valence-electron chi connectivity index (χ4n) is 1.53. The Morgan fingerprint density at radius 3 is 2.62 bits per heavy atom. The molecule has 0 aliphatic heterocycles. The van der Waals surface area contributed by atoms with Crippen LogP contribution in [0.15, 0.2) is 29.2 Å². The first-order valence-electron chi connectivity index (χ1n) is 5.79. The summed E-state index contributed by atoms with van der Waals surface area (Å²) in [6.45, 7) is 2.61. The number of hydrogen-bond acceptors (Lipinski definition) is 3. The molecule has 0 atom stereocenters. The molecule has 0 amide bonds. The number of hydrogen-bond donors (Lipinski definition) is 1. The molecule has 0 saturated heterocycles. The van der Waals surface area contributed by atoms with E-state index in [0.717, 1.165) is 11.3 Å². The van der Waals surface area contributed by atoms with Gasteiger partial charge in [0.05, 0.1) is 6.54 Å². The molecule has 1 fully saturated rings. The van der Waals surface area contributed by atoms with Gasteiger partial charge in [0.2, 0.25) is 0 Å². The smallest absolute Gasteiger partial charge is 0.176 e. The van der Waals surface area contributed by atoms with Crippen molar-refractivity contribution in [2.75, 3.05) is 12.3 Å². The summed E-state index contributed by atoms with van der Waals surface area (Å²) in [5.74, 6) is 1.26. The summed E-state index contributed by atoms with van der Waals surface area (Å²) in [6.07, 6.45) is 2.44. The predicted molar refractivity (Wildman–Crippen MR) is 68.2 cm³/mol. The summed E-state index contributed by atoms with van der Waals surface area (Å²) in [4.78, 5) is 13.0. The SMILES string of the molecule is CCSc1ccc(C(=O)CNC2CC2)cc1. The minimum atomic E-state index is 0.194. The lowest BCUT2D eigenvalue weighted by molar-refractivity contribution is 0.0990. The molecule has 86 valence electrons. The molecule has 1 aliphatic rings. The molecule has 0 aromatic heterocycles. The maximum atomic E-state index is 11.8. The van der Waals surface area contributed by atoms with Crippen LogP contribution in [0.4, 0.5) is 0 Å². The quantitative estimate of drug-likeness (QED) is 0.607. The van der Waals surface area contributed by atoms with Gasteiger partial charge in [-0.05, 0) is 30.7 Å². The zero-order chi connectivity index (χ0) is 11.4.